The zero-order chi connectivity index (χ0) is 13.0. The van der Waals surface area contributed by atoms with Gasteiger partial charge in [0.05, 0.1) is 17.9 Å². The van der Waals surface area contributed by atoms with Gasteiger partial charge in [-0.05, 0) is 31.7 Å². The third-order valence-corrected chi connectivity index (χ3v) is 2.73. The van der Waals surface area contributed by atoms with Gasteiger partial charge < -0.3 is 5.32 Å². The van der Waals surface area contributed by atoms with Gasteiger partial charge >= 0.3 is 0 Å². The highest BCUT2D eigenvalue weighted by molar-refractivity contribution is 5.28. The van der Waals surface area contributed by atoms with E-state index in [9.17, 15) is 4.39 Å². The van der Waals surface area contributed by atoms with E-state index >= 15 is 0 Å². The Kier molecular flexibility index (Phi) is 3.99. The number of rotatable bonds is 4. The van der Waals surface area contributed by atoms with E-state index in [1.165, 1.54) is 6.20 Å². The molecule has 0 saturated carbocycles. The summed E-state index contributed by atoms with van der Waals surface area (Å²) >= 11 is 0. The minimum absolute atomic E-state index is 0.238. The van der Waals surface area contributed by atoms with Crippen LogP contribution in [0.5, 0.6) is 0 Å². The van der Waals surface area contributed by atoms with Crippen LogP contribution in [0.1, 0.15) is 29.9 Å². The van der Waals surface area contributed by atoms with Gasteiger partial charge in [-0.2, -0.15) is 0 Å². The highest BCUT2D eigenvalue weighted by atomic mass is 19.1. The summed E-state index contributed by atoms with van der Waals surface area (Å²) in [7, 11) is 0. The fourth-order valence-electron chi connectivity index (χ4n) is 1.92. The van der Waals surface area contributed by atoms with Crippen molar-refractivity contribution < 1.29 is 4.39 Å². The van der Waals surface area contributed by atoms with Gasteiger partial charge in [-0.1, -0.05) is 13.0 Å². The maximum absolute atomic E-state index is 13.8. The van der Waals surface area contributed by atoms with Gasteiger partial charge in [-0.15, -0.1) is 0 Å². The van der Waals surface area contributed by atoms with Crippen LogP contribution in [0, 0.1) is 12.7 Å². The van der Waals surface area contributed by atoms with Crippen molar-refractivity contribution in [1.29, 1.82) is 0 Å². The molecule has 3 nitrogen and oxygen atoms in total. The largest absolute Gasteiger partial charge is 0.305 e. The standard InChI is InChI=1S/C14H16FN3/c1-3-17-14(11-7-8-16-9-12(11)15)13-6-4-5-10(2)18-13/h4-9,14,17H,3H2,1-2H3. The molecule has 1 unspecified atom stereocenters. The van der Waals surface area contributed by atoms with Crippen molar-refractivity contribution in [3.63, 3.8) is 0 Å². The second kappa shape index (κ2) is 5.69. The van der Waals surface area contributed by atoms with E-state index in [1.807, 2.05) is 32.0 Å². The first-order valence-electron chi connectivity index (χ1n) is 5.98. The van der Waals surface area contributed by atoms with Crippen LogP contribution in [-0.4, -0.2) is 16.5 Å². The van der Waals surface area contributed by atoms with E-state index in [4.69, 9.17) is 0 Å². The van der Waals surface area contributed by atoms with Crippen molar-refractivity contribution in [3.05, 3.63) is 59.4 Å². The summed E-state index contributed by atoms with van der Waals surface area (Å²) in [6, 6.07) is 7.21. The van der Waals surface area contributed by atoms with E-state index in [0.29, 0.717) is 5.56 Å². The molecule has 0 spiro atoms. The summed E-state index contributed by atoms with van der Waals surface area (Å²) in [6.07, 6.45) is 2.83. The third kappa shape index (κ3) is 2.71. The molecule has 2 rings (SSSR count). The molecule has 0 aliphatic carbocycles. The Morgan fingerprint density at radius 3 is 2.83 bits per heavy atom. The second-order valence-electron chi connectivity index (χ2n) is 4.09. The van der Waals surface area contributed by atoms with Crippen molar-refractivity contribution >= 4 is 0 Å². The van der Waals surface area contributed by atoms with Crippen LogP contribution < -0.4 is 5.32 Å². The molecule has 18 heavy (non-hydrogen) atoms. The molecule has 2 heterocycles. The molecule has 0 aromatic carbocycles. The molecular weight excluding hydrogens is 229 g/mol. The Hall–Kier alpha value is -1.81. The molecule has 0 saturated heterocycles. The SMILES string of the molecule is CCNC(c1cccc(C)n1)c1ccncc1F. The van der Waals surface area contributed by atoms with Gasteiger partial charge in [0.15, 0.2) is 0 Å². The fourth-order valence-corrected chi connectivity index (χ4v) is 1.92. The minimum atomic E-state index is -0.313. The Morgan fingerprint density at radius 2 is 2.17 bits per heavy atom. The number of nitrogens with one attached hydrogen (secondary N) is 1. The van der Waals surface area contributed by atoms with Crippen molar-refractivity contribution in [2.24, 2.45) is 0 Å². The summed E-state index contributed by atoms with van der Waals surface area (Å²) < 4.78 is 13.8. The fraction of sp³-hybridized carbons (Fsp3) is 0.286. The van der Waals surface area contributed by atoms with Crippen LogP contribution in [0.15, 0.2) is 36.7 Å². The smallest absolute Gasteiger partial charge is 0.146 e. The first kappa shape index (κ1) is 12.6. The van der Waals surface area contributed by atoms with Crippen LogP contribution in [0.4, 0.5) is 4.39 Å². The third-order valence-electron chi connectivity index (χ3n) is 2.73. The molecule has 2 aromatic rings. The molecule has 1 N–H and O–H groups in total. The van der Waals surface area contributed by atoms with Crippen molar-refractivity contribution in [2.75, 3.05) is 6.54 Å². The van der Waals surface area contributed by atoms with Crippen LogP contribution in [0.25, 0.3) is 0 Å². The number of halogens is 1. The van der Waals surface area contributed by atoms with Crippen LogP contribution in [0.3, 0.4) is 0 Å². The lowest BCUT2D eigenvalue weighted by Gasteiger charge is -2.18. The maximum atomic E-state index is 13.8. The van der Waals surface area contributed by atoms with E-state index < -0.39 is 0 Å². The summed E-state index contributed by atoms with van der Waals surface area (Å²) in [6.45, 7) is 4.65. The van der Waals surface area contributed by atoms with Crippen molar-refractivity contribution in [2.45, 2.75) is 19.9 Å². The van der Waals surface area contributed by atoms with Crippen molar-refractivity contribution in [3.8, 4) is 0 Å². The summed E-state index contributed by atoms with van der Waals surface area (Å²) in [4.78, 5) is 8.24. The molecule has 2 aromatic heterocycles. The molecule has 0 radical (unpaired) electrons. The van der Waals surface area contributed by atoms with Crippen LogP contribution >= 0.6 is 0 Å². The first-order chi connectivity index (χ1) is 8.72. The molecule has 1 atom stereocenters. The number of hydrogen-bond donors (Lipinski definition) is 1. The van der Waals surface area contributed by atoms with Gasteiger partial charge in [0, 0.05) is 17.5 Å². The number of nitrogens with zero attached hydrogens (tertiary/aromatic N) is 2. The van der Waals surface area contributed by atoms with E-state index in [2.05, 4.69) is 15.3 Å². The van der Waals surface area contributed by atoms with E-state index in [0.717, 1.165) is 17.9 Å². The lowest BCUT2D eigenvalue weighted by Crippen LogP contribution is -2.24. The second-order valence-corrected chi connectivity index (χ2v) is 4.09. The molecule has 4 heteroatoms. The molecule has 0 aliphatic rings. The molecule has 0 aliphatic heterocycles. The van der Waals surface area contributed by atoms with Gasteiger partial charge in [0.2, 0.25) is 0 Å². The lowest BCUT2D eigenvalue weighted by molar-refractivity contribution is 0.547. The van der Waals surface area contributed by atoms with E-state index in [-0.39, 0.29) is 11.9 Å². The average molecular weight is 245 g/mol. The van der Waals surface area contributed by atoms with Crippen LogP contribution in [-0.2, 0) is 0 Å². The minimum Gasteiger partial charge on any atom is -0.305 e. The number of pyridine rings is 2. The zero-order valence-electron chi connectivity index (χ0n) is 10.5. The Morgan fingerprint density at radius 1 is 1.33 bits per heavy atom. The number of aryl methyl sites for hydroxylation is 1. The lowest BCUT2D eigenvalue weighted by atomic mass is 10.0. The highest BCUT2D eigenvalue weighted by Crippen LogP contribution is 2.22. The monoisotopic (exact) mass is 245 g/mol. The first-order valence-corrected chi connectivity index (χ1v) is 5.98. The van der Waals surface area contributed by atoms with E-state index in [1.54, 1.807) is 12.3 Å². The molecule has 0 bridgehead atoms. The molecule has 94 valence electrons. The quantitative estimate of drug-likeness (QED) is 0.899. The number of hydrogen-bond acceptors (Lipinski definition) is 3. The van der Waals surface area contributed by atoms with Crippen LogP contribution in [0.2, 0.25) is 0 Å². The highest BCUT2D eigenvalue weighted by Gasteiger charge is 2.18. The maximum Gasteiger partial charge on any atom is 0.146 e. The topological polar surface area (TPSA) is 37.8 Å². The van der Waals surface area contributed by atoms with Gasteiger partial charge in [-0.25, -0.2) is 4.39 Å². The molecule has 0 amide bonds. The summed E-state index contributed by atoms with van der Waals surface area (Å²) in [5, 5.41) is 3.25. The summed E-state index contributed by atoms with van der Waals surface area (Å²) in [5.74, 6) is -0.313. The van der Waals surface area contributed by atoms with Crippen molar-refractivity contribution in [1.82, 2.24) is 15.3 Å². The molecule has 0 fully saturated rings. The predicted molar refractivity (Wildman–Crippen MR) is 68.7 cm³/mol. The average Bonchev–Trinajstić information content (AvgIpc) is 2.37. The molecular formula is C14H16FN3. The Bertz CT molecular complexity index is 528. The number of aromatic nitrogens is 2. The van der Waals surface area contributed by atoms with Gasteiger partial charge in [-0.3, -0.25) is 9.97 Å². The zero-order valence-corrected chi connectivity index (χ0v) is 10.5. The predicted octanol–water partition coefficient (Wildman–Crippen LogP) is 2.62. The normalized spacial score (nSPS) is 12.4. The summed E-state index contributed by atoms with van der Waals surface area (Å²) in [5.41, 5.74) is 2.32. The Labute approximate surface area is 106 Å². The Balaban J connectivity index is 2.43. The van der Waals surface area contributed by atoms with Gasteiger partial charge in [0.1, 0.15) is 5.82 Å². The van der Waals surface area contributed by atoms with Gasteiger partial charge in [0.25, 0.3) is 0 Å².